The summed E-state index contributed by atoms with van der Waals surface area (Å²) in [5.41, 5.74) is 1.66. The van der Waals surface area contributed by atoms with Crippen LogP contribution in [0.15, 0.2) is 22.6 Å². The third-order valence-electron chi connectivity index (χ3n) is 6.61. The lowest BCUT2D eigenvalue weighted by molar-refractivity contribution is 0.0493. The van der Waals surface area contributed by atoms with Gasteiger partial charge < -0.3 is 19.2 Å². The zero-order chi connectivity index (χ0) is 18.9. The van der Waals surface area contributed by atoms with Crippen LogP contribution in [0.25, 0.3) is 11.1 Å². The summed E-state index contributed by atoms with van der Waals surface area (Å²) in [4.78, 5) is 9.47. The van der Waals surface area contributed by atoms with E-state index >= 15 is 0 Å². The van der Waals surface area contributed by atoms with Crippen molar-refractivity contribution in [2.24, 2.45) is 0 Å². The van der Waals surface area contributed by atoms with Gasteiger partial charge in [0.1, 0.15) is 17.4 Å². The molecule has 0 bridgehead atoms. The highest BCUT2D eigenvalue weighted by molar-refractivity contribution is 5.74. The minimum atomic E-state index is -0.228. The summed E-state index contributed by atoms with van der Waals surface area (Å²) < 4.78 is 12.2. The molecule has 1 unspecified atom stereocenters. The van der Waals surface area contributed by atoms with Crippen LogP contribution in [0.1, 0.15) is 50.8 Å². The Labute approximate surface area is 166 Å². The van der Waals surface area contributed by atoms with E-state index < -0.39 is 0 Å². The number of rotatable bonds is 5. The molecule has 3 aliphatic rings. The first-order chi connectivity index (χ1) is 13.7. The van der Waals surface area contributed by atoms with E-state index in [-0.39, 0.29) is 6.10 Å². The third-order valence-corrected chi connectivity index (χ3v) is 6.61. The summed E-state index contributed by atoms with van der Waals surface area (Å²) in [7, 11) is 0. The van der Waals surface area contributed by atoms with Crippen LogP contribution in [0.3, 0.4) is 0 Å². The maximum absolute atomic E-state index is 9.84. The number of fused-ring (bicyclic) bond motifs is 1. The molecule has 152 valence electrons. The standard InChI is InChI=1S/C22H31N3O3/c26-17-5-2-10-24(14-17)15-22-23-20-7-6-19(13-21(20)28-22)27-18-8-11-25(12-9-18)16-3-1-4-16/h6-7,13,16-18,26H,1-5,8-12,14-15H2. The number of aliphatic hydroxyl groups is 1. The molecular weight excluding hydrogens is 354 g/mol. The van der Waals surface area contributed by atoms with E-state index in [0.717, 1.165) is 74.1 Å². The number of nitrogens with zero attached hydrogens (tertiary/aromatic N) is 3. The molecule has 1 atom stereocenters. The first-order valence-corrected chi connectivity index (χ1v) is 10.9. The Balaban J connectivity index is 1.19. The summed E-state index contributed by atoms with van der Waals surface area (Å²) >= 11 is 0. The summed E-state index contributed by atoms with van der Waals surface area (Å²) in [6.07, 6.45) is 8.36. The van der Waals surface area contributed by atoms with Gasteiger partial charge >= 0.3 is 0 Å². The largest absolute Gasteiger partial charge is 0.490 e. The Kier molecular flexibility index (Phi) is 5.26. The van der Waals surface area contributed by atoms with Gasteiger partial charge in [0.05, 0.1) is 12.6 Å². The number of likely N-dealkylation sites (tertiary alicyclic amines) is 2. The number of ether oxygens (including phenoxy) is 1. The minimum absolute atomic E-state index is 0.228. The quantitative estimate of drug-likeness (QED) is 0.853. The number of aliphatic hydroxyl groups excluding tert-OH is 1. The van der Waals surface area contributed by atoms with Gasteiger partial charge in [-0.05, 0) is 57.2 Å². The van der Waals surface area contributed by atoms with Crippen molar-refractivity contribution in [3.8, 4) is 5.75 Å². The topological polar surface area (TPSA) is 62.0 Å². The van der Waals surface area contributed by atoms with Gasteiger partial charge in [0.25, 0.3) is 0 Å². The number of piperidine rings is 2. The number of aromatic nitrogens is 1. The van der Waals surface area contributed by atoms with Gasteiger partial charge in [0.15, 0.2) is 5.58 Å². The van der Waals surface area contributed by atoms with Crippen molar-refractivity contribution in [2.45, 2.75) is 69.7 Å². The average molecular weight is 386 g/mol. The molecule has 2 aliphatic heterocycles. The van der Waals surface area contributed by atoms with E-state index in [1.807, 2.05) is 18.2 Å². The van der Waals surface area contributed by atoms with Crippen LogP contribution in [0, 0.1) is 0 Å². The molecule has 0 spiro atoms. The van der Waals surface area contributed by atoms with Crippen LogP contribution in [-0.2, 0) is 6.54 Å². The van der Waals surface area contributed by atoms with Gasteiger partial charge in [-0.1, -0.05) is 6.42 Å². The minimum Gasteiger partial charge on any atom is -0.490 e. The average Bonchev–Trinajstić information content (AvgIpc) is 3.03. The van der Waals surface area contributed by atoms with Crippen molar-refractivity contribution < 1.29 is 14.3 Å². The maximum atomic E-state index is 9.84. The van der Waals surface area contributed by atoms with E-state index in [4.69, 9.17) is 9.15 Å². The SMILES string of the molecule is OC1CCCN(Cc2nc3ccc(OC4CCN(C5CCC5)CC4)cc3o2)C1. The molecule has 0 radical (unpaired) electrons. The number of oxazole rings is 1. The molecule has 5 rings (SSSR count). The second-order valence-corrected chi connectivity index (χ2v) is 8.71. The van der Waals surface area contributed by atoms with Crippen LogP contribution in [0.2, 0.25) is 0 Å². The highest BCUT2D eigenvalue weighted by Gasteiger charge is 2.29. The summed E-state index contributed by atoms with van der Waals surface area (Å²) in [5, 5.41) is 9.84. The normalized spacial score (nSPS) is 25.8. The van der Waals surface area contributed by atoms with E-state index in [2.05, 4.69) is 14.8 Å². The molecule has 1 N–H and O–H groups in total. The van der Waals surface area contributed by atoms with Crippen LogP contribution in [-0.4, -0.2) is 64.3 Å². The summed E-state index contributed by atoms with van der Waals surface area (Å²) in [5.74, 6) is 1.60. The van der Waals surface area contributed by atoms with Crippen LogP contribution < -0.4 is 4.74 Å². The molecule has 1 saturated carbocycles. The molecule has 1 aliphatic carbocycles. The smallest absolute Gasteiger partial charge is 0.209 e. The van der Waals surface area contributed by atoms with Crippen LogP contribution in [0.4, 0.5) is 0 Å². The third kappa shape index (κ3) is 4.04. The molecule has 2 saturated heterocycles. The van der Waals surface area contributed by atoms with E-state index in [1.165, 1.54) is 19.3 Å². The summed E-state index contributed by atoms with van der Waals surface area (Å²) in [6, 6.07) is 6.82. The Morgan fingerprint density at radius 1 is 1.07 bits per heavy atom. The Morgan fingerprint density at radius 3 is 2.68 bits per heavy atom. The van der Waals surface area contributed by atoms with E-state index in [1.54, 1.807) is 0 Å². The van der Waals surface area contributed by atoms with Crippen molar-refractivity contribution in [2.75, 3.05) is 26.2 Å². The monoisotopic (exact) mass is 385 g/mol. The lowest BCUT2D eigenvalue weighted by Crippen LogP contribution is -2.46. The van der Waals surface area contributed by atoms with Crippen LogP contribution >= 0.6 is 0 Å². The van der Waals surface area contributed by atoms with Gasteiger partial charge in [-0.25, -0.2) is 4.98 Å². The van der Waals surface area contributed by atoms with Gasteiger partial charge in [0.2, 0.25) is 5.89 Å². The fraction of sp³-hybridized carbons (Fsp3) is 0.682. The molecule has 1 aromatic heterocycles. The molecule has 0 amide bonds. The van der Waals surface area contributed by atoms with Gasteiger partial charge in [-0.3, -0.25) is 4.90 Å². The highest BCUT2D eigenvalue weighted by Crippen LogP contribution is 2.29. The van der Waals surface area contributed by atoms with Crippen molar-refractivity contribution in [1.29, 1.82) is 0 Å². The number of hydrogen-bond acceptors (Lipinski definition) is 6. The maximum Gasteiger partial charge on any atom is 0.209 e. The molecule has 6 heteroatoms. The van der Waals surface area contributed by atoms with Crippen LogP contribution in [0.5, 0.6) is 5.75 Å². The molecule has 6 nitrogen and oxygen atoms in total. The van der Waals surface area contributed by atoms with Crippen molar-refractivity contribution in [3.63, 3.8) is 0 Å². The van der Waals surface area contributed by atoms with E-state index in [0.29, 0.717) is 19.2 Å². The van der Waals surface area contributed by atoms with Gasteiger partial charge in [-0.2, -0.15) is 0 Å². The van der Waals surface area contributed by atoms with Crippen molar-refractivity contribution in [1.82, 2.24) is 14.8 Å². The lowest BCUT2D eigenvalue weighted by atomic mass is 9.90. The Hall–Kier alpha value is -1.63. The molecule has 3 fully saturated rings. The second-order valence-electron chi connectivity index (χ2n) is 8.71. The van der Waals surface area contributed by atoms with Gasteiger partial charge in [0, 0.05) is 31.7 Å². The number of hydrogen-bond donors (Lipinski definition) is 1. The zero-order valence-corrected chi connectivity index (χ0v) is 16.6. The molecule has 2 aromatic rings. The highest BCUT2D eigenvalue weighted by atomic mass is 16.5. The fourth-order valence-corrected chi connectivity index (χ4v) is 4.76. The predicted molar refractivity (Wildman–Crippen MR) is 107 cm³/mol. The second kappa shape index (κ2) is 8.01. The fourth-order valence-electron chi connectivity index (χ4n) is 4.76. The van der Waals surface area contributed by atoms with E-state index in [9.17, 15) is 5.11 Å². The predicted octanol–water partition coefficient (Wildman–Crippen LogP) is 3.18. The number of β-amino-alcohol motifs (C(OH)–C–C–N with tert-alkyl or cyclic N) is 1. The molecule has 1 aromatic carbocycles. The zero-order valence-electron chi connectivity index (χ0n) is 16.6. The number of benzene rings is 1. The Bertz CT molecular complexity index is 795. The van der Waals surface area contributed by atoms with Crippen molar-refractivity contribution in [3.05, 3.63) is 24.1 Å². The van der Waals surface area contributed by atoms with Gasteiger partial charge in [-0.15, -0.1) is 0 Å². The molecular formula is C22H31N3O3. The van der Waals surface area contributed by atoms with Crippen molar-refractivity contribution >= 4 is 11.1 Å². The first kappa shape index (κ1) is 18.4. The lowest BCUT2D eigenvalue weighted by Gasteiger charge is -2.41. The Morgan fingerprint density at radius 2 is 1.93 bits per heavy atom. The molecule has 3 heterocycles. The summed E-state index contributed by atoms with van der Waals surface area (Å²) in [6.45, 7) is 4.66. The molecule has 28 heavy (non-hydrogen) atoms. The first-order valence-electron chi connectivity index (χ1n) is 10.9.